The van der Waals surface area contributed by atoms with Crippen molar-refractivity contribution in [1.82, 2.24) is 9.05 Å². The Morgan fingerprint density at radius 1 is 0.500 bits per heavy atom. The molecule has 5 heterocycles. The van der Waals surface area contributed by atoms with Crippen LogP contribution in [0, 0.1) is 0 Å². The van der Waals surface area contributed by atoms with Crippen molar-refractivity contribution in [2.75, 3.05) is 0 Å². The lowest BCUT2D eigenvalue weighted by Crippen LogP contribution is -2.55. The Morgan fingerprint density at radius 2 is 1.21 bits per heavy atom. The maximum atomic E-state index is 7.10. The van der Waals surface area contributed by atoms with Crippen LogP contribution in [0.15, 0.2) is 132 Å². The first-order valence-corrected chi connectivity index (χ1v) is 20.8. The summed E-state index contributed by atoms with van der Waals surface area (Å²) in [6.45, 7) is 14.0. The SMILES string of the molecule is CC(C)(C)c1ccc2c(c1)c1cc(C(C)(C)C)cc3c1n2B1c2c(cc4c(oc5ccccc54)c2-3)-n2c3cccc4c3c3c5c(cccc5cc1c32)-c1ccccc1-4. The van der Waals surface area contributed by atoms with E-state index in [4.69, 9.17) is 4.42 Å². The Hall–Kier alpha value is -6.52. The molecule has 0 saturated carbocycles. The van der Waals surface area contributed by atoms with Gasteiger partial charge in [0.05, 0.1) is 11.0 Å². The molecular formula is C54H39BN2O. The van der Waals surface area contributed by atoms with Gasteiger partial charge in [-0.25, -0.2) is 0 Å². The van der Waals surface area contributed by atoms with Crippen molar-refractivity contribution in [1.29, 1.82) is 0 Å². The topological polar surface area (TPSA) is 23.0 Å². The summed E-state index contributed by atoms with van der Waals surface area (Å²) in [4.78, 5) is 0. The van der Waals surface area contributed by atoms with E-state index in [-0.39, 0.29) is 17.7 Å². The summed E-state index contributed by atoms with van der Waals surface area (Å²) in [5.74, 6) is 0. The molecule has 0 radical (unpaired) electrons. The molecule has 11 aromatic rings. The molecule has 58 heavy (non-hydrogen) atoms. The lowest BCUT2D eigenvalue weighted by Gasteiger charge is -2.35. The largest absolute Gasteiger partial charge is 0.455 e. The summed E-state index contributed by atoms with van der Waals surface area (Å²) in [6, 6.07) is 48.9. The molecule has 4 heteroatoms. The maximum absolute atomic E-state index is 7.10. The number of furan rings is 1. The molecule has 14 rings (SSSR count). The van der Waals surface area contributed by atoms with Gasteiger partial charge >= 0.3 is 6.85 Å². The highest BCUT2D eigenvalue weighted by Gasteiger charge is 2.44. The van der Waals surface area contributed by atoms with E-state index < -0.39 is 0 Å². The summed E-state index contributed by atoms with van der Waals surface area (Å²) in [5.41, 5.74) is 21.4. The van der Waals surface area contributed by atoms with Crippen LogP contribution in [0.2, 0.25) is 0 Å². The van der Waals surface area contributed by atoms with Gasteiger partial charge in [-0.1, -0.05) is 126 Å². The number of hydrogen-bond donors (Lipinski definition) is 0. The summed E-state index contributed by atoms with van der Waals surface area (Å²) in [6.07, 6.45) is 0. The summed E-state index contributed by atoms with van der Waals surface area (Å²) >= 11 is 0. The van der Waals surface area contributed by atoms with Crippen LogP contribution in [-0.2, 0) is 10.8 Å². The normalized spacial score (nSPS) is 14.0. The first kappa shape index (κ1) is 31.6. The minimum Gasteiger partial charge on any atom is -0.455 e. The Balaban J connectivity index is 1.28. The second kappa shape index (κ2) is 9.95. The minimum absolute atomic E-state index is 0.0133. The second-order valence-corrected chi connectivity index (χ2v) is 19.3. The average Bonchev–Trinajstić information content (AvgIpc) is 3.85. The van der Waals surface area contributed by atoms with Crippen LogP contribution in [0.5, 0.6) is 0 Å². The van der Waals surface area contributed by atoms with E-state index in [0.29, 0.717) is 0 Å². The van der Waals surface area contributed by atoms with Crippen molar-refractivity contribution < 1.29 is 4.42 Å². The monoisotopic (exact) mass is 742 g/mol. The molecule has 0 atom stereocenters. The number of fused-ring (bicyclic) bond motifs is 15. The molecule has 0 fully saturated rings. The summed E-state index contributed by atoms with van der Waals surface area (Å²) < 4.78 is 12.5. The van der Waals surface area contributed by atoms with Gasteiger partial charge in [-0.3, -0.25) is 0 Å². The van der Waals surface area contributed by atoms with Crippen molar-refractivity contribution in [3.8, 4) is 39.1 Å². The van der Waals surface area contributed by atoms with E-state index >= 15 is 0 Å². The Bertz CT molecular complexity index is 3760. The van der Waals surface area contributed by atoms with Crippen LogP contribution in [-0.4, -0.2) is 15.9 Å². The van der Waals surface area contributed by atoms with Gasteiger partial charge in [0, 0.05) is 60.2 Å². The predicted octanol–water partition coefficient (Wildman–Crippen LogP) is 13.1. The Morgan fingerprint density at radius 3 is 2.00 bits per heavy atom. The number of rotatable bonds is 0. The third kappa shape index (κ3) is 3.57. The summed E-state index contributed by atoms with van der Waals surface area (Å²) in [7, 11) is 0. The molecule has 1 aliphatic carbocycles. The number of benzene rings is 8. The number of hydrogen-bond acceptors (Lipinski definition) is 1. The maximum Gasteiger partial charge on any atom is 0.333 e. The van der Waals surface area contributed by atoms with Gasteiger partial charge in [-0.2, -0.15) is 0 Å². The number of aromatic nitrogens is 2. The average molecular weight is 743 g/mol. The molecule has 3 nitrogen and oxygen atoms in total. The lowest BCUT2D eigenvalue weighted by molar-refractivity contribution is 0.590. The van der Waals surface area contributed by atoms with Crippen LogP contribution in [0.1, 0.15) is 52.7 Å². The van der Waals surface area contributed by atoms with Crippen molar-refractivity contribution in [2.24, 2.45) is 0 Å². The number of para-hydroxylation sites is 1. The van der Waals surface area contributed by atoms with E-state index in [0.717, 1.165) is 16.6 Å². The minimum atomic E-state index is -0.0740. The standard InChI is InChI=1S/C54H39BN2O/c1-53(2,3)29-21-22-41-36(24-29)37-25-30(54(4,5)6)26-39-47-49-43(27-38-33-16-9-10-20-44(33)58-52(38)47)56-42-19-12-18-35-32-15-8-7-14-31(32)34-17-11-13-28-23-40(55(49)57(41)50(37)39)51(56)48(45(28)34)46(35)42/h7-27H,1-6H3. The van der Waals surface area contributed by atoms with Crippen molar-refractivity contribution in [2.45, 2.75) is 52.4 Å². The Kier molecular flexibility index (Phi) is 5.41. The van der Waals surface area contributed by atoms with Crippen molar-refractivity contribution >= 4 is 94.1 Å². The fourth-order valence-electron chi connectivity index (χ4n) is 11.5. The Labute approximate surface area is 336 Å². The highest BCUT2D eigenvalue weighted by Crippen LogP contribution is 2.53. The van der Waals surface area contributed by atoms with E-state index in [1.54, 1.807) is 0 Å². The van der Waals surface area contributed by atoms with E-state index in [1.165, 1.54) is 121 Å². The zero-order chi connectivity index (χ0) is 38.7. The molecule has 3 aromatic heterocycles. The van der Waals surface area contributed by atoms with Gasteiger partial charge < -0.3 is 13.5 Å². The molecule has 0 amide bonds. The van der Waals surface area contributed by atoms with Gasteiger partial charge in [-0.05, 0) is 108 Å². The first-order chi connectivity index (χ1) is 28.1. The summed E-state index contributed by atoms with van der Waals surface area (Å²) in [5, 5.41) is 10.3. The third-order valence-corrected chi connectivity index (χ3v) is 14.1. The zero-order valence-corrected chi connectivity index (χ0v) is 33.5. The van der Waals surface area contributed by atoms with Crippen molar-refractivity contribution in [3.05, 3.63) is 139 Å². The fourth-order valence-corrected chi connectivity index (χ4v) is 11.5. The predicted molar refractivity (Wildman–Crippen MR) is 246 cm³/mol. The first-order valence-electron chi connectivity index (χ1n) is 20.8. The van der Waals surface area contributed by atoms with E-state index in [2.05, 4.69) is 178 Å². The van der Waals surface area contributed by atoms with Crippen LogP contribution < -0.4 is 10.9 Å². The van der Waals surface area contributed by atoms with Crippen LogP contribution in [0.4, 0.5) is 0 Å². The smallest absolute Gasteiger partial charge is 0.333 e. The van der Waals surface area contributed by atoms with E-state index in [1.807, 2.05) is 0 Å². The molecule has 0 unspecified atom stereocenters. The van der Waals surface area contributed by atoms with E-state index in [9.17, 15) is 0 Å². The van der Waals surface area contributed by atoms with Crippen molar-refractivity contribution in [3.63, 3.8) is 0 Å². The molecule has 0 spiro atoms. The lowest BCUT2D eigenvalue weighted by atomic mass is 9.45. The van der Waals surface area contributed by atoms with Gasteiger partial charge in [0.25, 0.3) is 0 Å². The third-order valence-electron chi connectivity index (χ3n) is 14.1. The molecule has 2 aliphatic heterocycles. The molecule has 0 saturated heterocycles. The van der Waals surface area contributed by atoms with Crippen LogP contribution >= 0.6 is 0 Å². The van der Waals surface area contributed by atoms with Gasteiger partial charge in [0.2, 0.25) is 0 Å². The highest BCUT2D eigenvalue weighted by molar-refractivity contribution is 6.90. The molecule has 8 aromatic carbocycles. The molecule has 3 aliphatic rings. The molecule has 0 bridgehead atoms. The number of nitrogens with zero attached hydrogens (tertiary/aromatic N) is 2. The quantitative estimate of drug-likeness (QED) is 0.142. The van der Waals surface area contributed by atoms with Gasteiger partial charge in [0.1, 0.15) is 11.2 Å². The molecule has 0 N–H and O–H groups in total. The second-order valence-electron chi connectivity index (χ2n) is 19.3. The molecular weight excluding hydrogens is 703 g/mol. The zero-order valence-electron chi connectivity index (χ0n) is 33.5. The van der Waals surface area contributed by atoms with Crippen LogP contribution in [0.25, 0.3) is 115 Å². The van der Waals surface area contributed by atoms with Gasteiger partial charge in [0.15, 0.2) is 0 Å². The van der Waals surface area contributed by atoms with Crippen LogP contribution in [0.3, 0.4) is 0 Å². The highest BCUT2D eigenvalue weighted by atomic mass is 16.3. The fraction of sp³-hybridized carbons (Fsp3) is 0.148. The van der Waals surface area contributed by atoms with Gasteiger partial charge in [-0.15, -0.1) is 0 Å². The molecule has 274 valence electrons.